The molecule has 1 amide bonds. The first-order chi connectivity index (χ1) is 10.0. The molecule has 110 valence electrons. The highest BCUT2D eigenvalue weighted by atomic mass is 19.1. The number of benzene rings is 2. The monoisotopic (exact) mass is 289 g/mol. The van der Waals surface area contributed by atoms with E-state index >= 15 is 0 Å². The van der Waals surface area contributed by atoms with Crippen molar-refractivity contribution in [1.82, 2.24) is 0 Å². The first-order valence-electron chi connectivity index (χ1n) is 6.34. The number of aryl methyl sites for hydroxylation is 1. The summed E-state index contributed by atoms with van der Waals surface area (Å²) in [5, 5.41) is 2.64. The largest absolute Gasteiger partial charge is 0.497 e. The van der Waals surface area contributed by atoms with Gasteiger partial charge in [-0.05, 0) is 36.8 Å². The molecule has 0 saturated heterocycles. The van der Waals surface area contributed by atoms with Crippen molar-refractivity contribution in [3.8, 4) is 11.5 Å². The Bertz CT molecular complexity index is 648. The second-order valence-corrected chi connectivity index (χ2v) is 4.52. The molecule has 0 saturated carbocycles. The molecule has 0 aliphatic heterocycles. The van der Waals surface area contributed by atoms with Crippen molar-refractivity contribution in [1.29, 1.82) is 0 Å². The zero-order chi connectivity index (χ0) is 15.4. The highest BCUT2D eigenvalue weighted by molar-refractivity contribution is 6.04. The first-order valence-corrected chi connectivity index (χ1v) is 6.34. The Kier molecular flexibility index (Phi) is 4.42. The molecular formula is C16H16FNO3. The van der Waals surface area contributed by atoms with Gasteiger partial charge in [-0.15, -0.1) is 0 Å². The number of nitrogens with one attached hydrogen (secondary N) is 1. The minimum atomic E-state index is -0.365. The van der Waals surface area contributed by atoms with E-state index in [4.69, 9.17) is 9.47 Å². The number of carbonyl (C=O) groups is 1. The van der Waals surface area contributed by atoms with Crippen LogP contribution in [-0.4, -0.2) is 20.1 Å². The minimum Gasteiger partial charge on any atom is -0.497 e. The smallest absolute Gasteiger partial charge is 0.255 e. The fourth-order valence-corrected chi connectivity index (χ4v) is 1.81. The van der Waals surface area contributed by atoms with Gasteiger partial charge < -0.3 is 14.8 Å². The molecule has 0 radical (unpaired) electrons. The van der Waals surface area contributed by atoms with E-state index in [0.29, 0.717) is 28.3 Å². The summed E-state index contributed by atoms with van der Waals surface area (Å²) in [4.78, 5) is 12.2. The predicted octanol–water partition coefficient (Wildman–Crippen LogP) is 3.40. The number of anilines is 1. The standard InChI is InChI=1S/C16H16FNO3/c1-10-4-5-12(8-15(10)17)18-16(19)11-6-13(20-2)9-14(7-11)21-3/h4-9H,1-3H3,(H,18,19). The molecule has 0 aliphatic carbocycles. The third-order valence-electron chi connectivity index (χ3n) is 3.04. The topological polar surface area (TPSA) is 47.6 Å². The van der Waals surface area contributed by atoms with Crippen LogP contribution in [0, 0.1) is 12.7 Å². The highest BCUT2D eigenvalue weighted by Crippen LogP contribution is 2.23. The lowest BCUT2D eigenvalue weighted by atomic mass is 10.1. The van der Waals surface area contributed by atoms with Crippen LogP contribution in [0.4, 0.5) is 10.1 Å². The molecule has 2 aromatic carbocycles. The van der Waals surface area contributed by atoms with Crippen LogP contribution in [0.3, 0.4) is 0 Å². The summed E-state index contributed by atoms with van der Waals surface area (Å²) < 4.78 is 23.7. The molecule has 0 fully saturated rings. The van der Waals surface area contributed by atoms with Gasteiger partial charge in [-0.3, -0.25) is 4.79 Å². The third-order valence-corrected chi connectivity index (χ3v) is 3.04. The van der Waals surface area contributed by atoms with Gasteiger partial charge >= 0.3 is 0 Å². The van der Waals surface area contributed by atoms with Crippen LogP contribution >= 0.6 is 0 Å². The van der Waals surface area contributed by atoms with Gasteiger partial charge in [0.1, 0.15) is 17.3 Å². The first kappa shape index (κ1) is 14.8. The van der Waals surface area contributed by atoms with E-state index in [0.717, 1.165) is 0 Å². The molecular weight excluding hydrogens is 273 g/mol. The van der Waals surface area contributed by atoms with Crippen LogP contribution in [0.2, 0.25) is 0 Å². The summed E-state index contributed by atoms with van der Waals surface area (Å²) in [6.07, 6.45) is 0. The maximum absolute atomic E-state index is 13.5. The number of hydrogen-bond donors (Lipinski definition) is 1. The van der Waals surface area contributed by atoms with Gasteiger partial charge in [0, 0.05) is 17.3 Å². The number of carbonyl (C=O) groups excluding carboxylic acids is 1. The lowest BCUT2D eigenvalue weighted by molar-refractivity contribution is 0.102. The summed E-state index contributed by atoms with van der Waals surface area (Å²) >= 11 is 0. The second kappa shape index (κ2) is 6.26. The van der Waals surface area contributed by atoms with Gasteiger partial charge in [-0.1, -0.05) is 6.07 Å². The van der Waals surface area contributed by atoms with Crippen LogP contribution in [0.25, 0.3) is 0 Å². The van der Waals surface area contributed by atoms with Gasteiger partial charge in [-0.25, -0.2) is 4.39 Å². The molecule has 4 nitrogen and oxygen atoms in total. The predicted molar refractivity (Wildman–Crippen MR) is 78.6 cm³/mol. The zero-order valence-corrected chi connectivity index (χ0v) is 12.1. The second-order valence-electron chi connectivity index (χ2n) is 4.52. The number of amides is 1. The van der Waals surface area contributed by atoms with Gasteiger partial charge in [0.2, 0.25) is 0 Å². The van der Waals surface area contributed by atoms with Crippen LogP contribution in [0.15, 0.2) is 36.4 Å². The molecule has 0 unspecified atom stereocenters. The fourth-order valence-electron chi connectivity index (χ4n) is 1.81. The number of halogens is 1. The van der Waals surface area contributed by atoms with Gasteiger partial charge in [0.05, 0.1) is 14.2 Å². The Labute approximate surface area is 122 Å². The molecule has 1 N–H and O–H groups in total. The van der Waals surface area contributed by atoms with E-state index in [1.807, 2.05) is 0 Å². The van der Waals surface area contributed by atoms with Crippen LogP contribution in [0.1, 0.15) is 15.9 Å². The van der Waals surface area contributed by atoms with Crippen molar-refractivity contribution in [2.24, 2.45) is 0 Å². The Morgan fingerprint density at radius 3 is 2.19 bits per heavy atom. The zero-order valence-electron chi connectivity index (χ0n) is 12.1. The van der Waals surface area contributed by atoms with Crippen LogP contribution in [-0.2, 0) is 0 Å². The molecule has 0 heterocycles. The van der Waals surface area contributed by atoms with Crippen molar-refractivity contribution >= 4 is 11.6 Å². The van der Waals surface area contributed by atoms with Crippen molar-refractivity contribution < 1.29 is 18.7 Å². The number of ether oxygens (including phenoxy) is 2. The lowest BCUT2D eigenvalue weighted by Gasteiger charge is -2.09. The number of hydrogen-bond acceptors (Lipinski definition) is 3. The third kappa shape index (κ3) is 3.51. The summed E-state index contributed by atoms with van der Waals surface area (Å²) in [6.45, 7) is 1.66. The van der Waals surface area contributed by atoms with Crippen molar-refractivity contribution in [3.05, 3.63) is 53.3 Å². The molecule has 21 heavy (non-hydrogen) atoms. The quantitative estimate of drug-likeness (QED) is 0.938. The summed E-state index contributed by atoms with van der Waals surface area (Å²) in [5.41, 5.74) is 1.29. The van der Waals surface area contributed by atoms with Gasteiger partial charge in [0.25, 0.3) is 5.91 Å². The van der Waals surface area contributed by atoms with Crippen LogP contribution in [0.5, 0.6) is 11.5 Å². The fraction of sp³-hybridized carbons (Fsp3) is 0.188. The molecule has 0 aliphatic rings. The Morgan fingerprint density at radius 2 is 1.67 bits per heavy atom. The molecule has 2 aromatic rings. The Morgan fingerprint density at radius 1 is 1.05 bits per heavy atom. The van der Waals surface area contributed by atoms with Gasteiger partial charge in [0.15, 0.2) is 0 Å². The molecule has 5 heteroatoms. The van der Waals surface area contributed by atoms with Gasteiger partial charge in [-0.2, -0.15) is 0 Å². The molecule has 0 aromatic heterocycles. The molecule has 0 spiro atoms. The van der Waals surface area contributed by atoms with Crippen LogP contribution < -0.4 is 14.8 Å². The van der Waals surface area contributed by atoms with E-state index in [1.54, 1.807) is 37.3 Å². The van der Waals surface area contributed by atoms with E-state index in [-0.39, 0.29) is 11.7 Å². The lowest BCUT2D eigenvalue weighted by Crippen LogP contribution is -2.12. The summed E-state index contributed by atoms with van der Waals surface area (Å²) in [5.74, 6) is 0.288. The normalized spacial score (nSPS) is 10.1. The molecule has 0 bridgehead atoms. The summed E-state index contributed by atoms with van der Waals surface area (Å²) in [7, 11) is 3.01. The van der Waals surface area contributed by atoms with Crippen molar-refractivity contribution in [3.63, 3.8) is 0 Å². The maximum Gasteiger partial charge on any atom is 0.255 e. The average molecular weight is 289 g/mol. The SMILES string of the molecule is COc1cc(OC)cc(C(=O)Nc2ccc(C)c(F)c2)c1. The van der Waals surface area contributed by atoms with Crippen molar-refractivity contribution in [2.45, 2.75) is 6.92 Å². The molecule has 2 rings (SSSR count). The number of methoxy groups -OCH3 is 2. The highest BCUT2D eigenvalue weighted by Gasteiger charge is 2.11. The van der Waals surface area contributed by atoms with E-state index < -0.39 is 0 Å². The number of rotatable bonds is 4. The Hall–Kier alpha value is -2.56. The summed E-state index contributed by atoms with van der Waals surface area (Å²) in [6, 6.07) is 9.38. The Balaban J connectivity index is 2.25. The average Bonchev–Trinajstić information content (AvgIpc) is 2.50. The minimum absolute atomic E-state index is 0.365. The maximum atomic E-state index is 13.5. The van der Waals surface area contributed by atoms with Crippen molar-refractivity contribution in [2.75, 3.05) is 19.5 Å². The van der Waals surface area contributed by atoms with E-state index in [1.165, 1.54) is 20.3 Å². The van der Waals surface area contributed by atoms with E-state index in [2.05, 4.69) is 5.32 Å². The molecule has 0 atom stereocenters. The van der Waals surface area contributed by atoms with E-state index in [9.17, 15) is 9.18 Å².